The molecule has 152 valence electrons. The van der Waals surface area contributed by atoms with E-state index in [0.717, 1.165) is 47.8 Å². The lowest BCUT2D eigenvalue weighted by molar-refractivity contribution is 0.141. The molecule has 0 spiro atoms. The van der Waals surface area contributed by atoms with E-state index in [1.807, 2.05) is 13.0 Å². The van der Waals surface area contributed by atoms with Crippen LogP contribution in [0.25, 0.3) is 10.9 Å². The summed E-state index contributed by atoms with van der Waals surface area (Å²) in [6.07, 6.45) is 10.0. The monoisotopic (exact) mass is 396 g/mol. The normalized spacial score (nSPS) is 20.0. The van der Waals surface area contributed by atoms with Crippen molar-refractivity contribution < 1.29 is 8.78 Å². The Morgan fingerprint density at radius 2 is 1.97 bits per heavy atom. The third-order valence-electron chi connectivity index (χ3n) is 6.12. The molecule has 2 aliphatic rings. The first-order valence-corrected chi connectivity index (χ1v) is 10.3. The maximum atomic E-state index is 13.6. The Balaban J connectivity index is 1.95. The van der Waals surface area contributed by atoms with Crippen molar-refractivity contribution in [2.75, 3.05) is 13.3 Å². The fourth-order valence-electron chi connectivity index (χ4n) is 4.71. The van der Waals surface area contributed by atoms with Crippen LogP contribution in [0.2, 0.25) is 0 Å². The van der Waals surface area contributed by atoms with Gasteiger partial charge >= 0.3 is 0 Å². The number of hydrogen-bond acceptors (Lipinski definition) is 3. The van der Waals surface area contributed by atoms with Crippen LogP contribution in [0.1, 0.15) is 61.1 Å². The van der Waals surface area contributed by atoms with Gasteiger partial charge in [-0.2, -0.15) is 5.26 Å². The fraction of sp³-hybridized carbons (Fsp3) is 0.478. The Hall–Kier alpha value is -2.68. The smallest absolute Gasteiger partial charge is 0.163 e. The summed E-state index contributed by atoms with van der Waals surface area (Å²) in [5.74, 6) is 0. The van der Waals surface area contributed by atoms with E-state index in [0.29, 0.717) is 5.56 Å². The van der Waals surface area contributed by atoms with Gasteiger partial charge in [0, 0.05) is 29.4 Å². The van der Waals surface area contributed by atoms with Gasteiger partial charge in [0.05, 0.1) is 17.3 Å². The second kappa shape index (κ2) is 8.36. The molecule has 0 amide bonds. The molecule has 1 saturated carbocycles. The Labute approximate surface area is 170 Å². The van der Waals surface area contributed by atoms with Gasteiger partial charge < -0.3 is 9.47 Å². The number of allylic oxidation sites excluding steroid dienone is 1. The highest BCUT2D eigenvalue weighted by molar-refractivity contribution is 5.89. The summed E-state index contributed by atoms with van der Waals surface area (Å²) in [6.45, 7) is 0.392. The number of benzene rings is 1. The molecule has 0 saturated heterocycles. The third-order valence-corrected chi connectivity index (χ3v) is 6.12. The second-order valence-corrected chi connectivity index (χ2v) is 7.98. The molecule has 1 unspecified atom stereocenters. The van der Waals surface area contributed by atoms with E-state index in [4.69, 9.17) is 0 Å². The van der Waals surface area contributed by atoms with Crippen molar-refractivity contribution in [2.24, 2.45) is 4.99 Å². The summed E-state index contributed by atoms with van der Waals surface area (Å²) in [7, 11) is 0. The molecule has 1 aliphatic carbocycles. The van der Waals surface area contributed by atoms with Crippen molar-refractivity contribution in [3.8, 4) is 6.07 Å². The molecule has 0 radical (unpaired) electrons. The summed E-state index contributed by atoms with van der Waals surface area (Å²) >= 11 is 0. The Morgan fingerprint density at radius 3 is 2.66 bits per heavy atom. The van der Waals surface area contributed by atoms with Crippen molar-refractivity contribution in [3.63, 3.8) is 0 Å². The van der Waals surface area contributed by atoms with Gasteiger partial charge in [0.25, 0.3) is 0 Å². The quantitative estimate of drug-likeness (QED) is 0.667. The second-order valence-electron chi connectivity index (χ2n) is 7.98. The van der Waals surface area contributed by atoms with Crippen molar-refractivity contribution in [1.82, 2.24) is 9.47 Å². The maximum absolute atomic E-state index is 13.6. The minimum absolute atomic E-state index is 0.267. The Bertz CT molecular complexity index is 975. The standard InChI is InChI=1S/C23H26F2N4/c1-16-8-9-21-19(12-16)20(15-26)22(29(21)17-6-3-2-4-7-17)23-27-10-5-11-28(23)18(13-24)14-25/h5,8-12,17-18,23H,2-4,6-7,13-14H2,1H3. The van der Waals surface area contributed by atoms with Gasteiger partial charge in [-0.3, -0.25) is 4.99 Å². The molecule has 1 aromatic carbocycles. The summed E-state index contributed by atoms with van der Waals surface area (Å²) < 4.78 is 29.4. The van der Waals surface area contributed by atoms with Crippen LogP contribution in [-0.4, -0.2) is 35.1 Å². The fourth-order valence-corrected chi connectivity index (χ4v) is 4.71. The van der Waals surface area contributed by atoms with E-state index in [9.17, 15) is 14.0 Å². The molecular formula is C23H26F2N4. The molecule has 4 nitrogen and oxygen atoms in total. The van der Waals surface area contributed by atoms with Crippen molar-refractivity contribution >= 4 is 17.1 Å². The van der Waals surface area contributed by atoms with Crippen LogP contribution in [0.15, 0.2) is 35.5 Å². The largest absolute Gasteiger partial charge is 0.343 e. The summed E-state index contributed by atoms with van der Waals surface area (Å²) in [5, 5.41) is 11.0. The summed E-state index contributed by atoms with van der Waals surface area (Å²) in [5.41, 5.74) is 3.41. The topological polar surface area (TPSA) is 44.3 Å². The SMILES string of the molecule is Cc1ccc2c(c1)c(C#N)c(C1N=CC=CN1C(CF)CF)n2C1CCCCC1. The van der Waals surface area contributed by atoms with Crippen LogP contribution < -0.4 is 0 Å². The minimum atomic E-state index is -0.917. The van der Waals surface area contributed by atoms with E-state index >= 15 is 0 Å². The number of rotatable bonds is 5. The number of aliphatic imine (C=N–C) groups is 1. The average molecular weight is 396 g/mol. The van der Waals surface area contributed by atoms with E-state index in [1.54, 1.807) is 23.4 Å². The molecule has 0 N–H and O–H groups in total. The van der Waals surface area contributed by atoms with Gasteiger partial charge in [-0.05, 0) is 38.0 Å². The van der Waals surface area contributed by atoms with Gasteiger partial charge in [-0.1, -0.05) is 30.9 Å². The van der Waals surface area contributed by atoms with Gasteiger partial charge in [-0.25, -0.2) is 8.78 Å². The predicted molar refractivity (Wildman–Crippen MR) is 111 cm³/mol. The number of fused-ring (bicyclic) bond motifs is 1. The minimum Gasteiger partial charge on any atom is -0.343 e. The zero-order valence-electron chi connectivity index (χ0n) is 16.7. The Kier molecular flexibility index (Phi) is 5.66. The molecule has 1 atom stereocenters. The number of hydrogen-bond donors (Lipinski definition) is 0. The van der Waals surface area contributed by atoms with Crippen LogP contribution in [0.4, 0.5) is 8.78 Å². The highest BCUT2D eigenvalue weighted by Gasteiger charge is 2.34. The molecule has 1 aliphatic heterocycles. The Morgan fingerprint density at radius 1 is 1.21 bits per heavy atom. The van der Waals surface area contributed by atoms with Gasteiger partial charge in [0.15, 0.2) is 6.17 Å². The first-order chi connectivity index (χ1) is 14.2. The van der Waals surface area contributed by atoms with Crippen molar-refractivity contribution in [3.05, 3.63) is 47.3 Å². The molecule has 2 heterocycles. The molecule has 29 heavy (non-hydrogen) atoms. The number of aromatic nitrogens is 1. The molecule has 0 bridgehead atoms. The van der Waals surface area contributed by atoms with E-state index in [2.05, 4.69) is 27.8 Å². The lowest BCUT2D eigenvalue weighted by Gasteiger charge is -2.36. The first-order valence-electron chi connectivity index (χ1n) is 10.3. The highest BCUT2D eigenvalue weighted by atomic mass is 19.1. The lowest BCUT2D eigenvalue weighted by Crippen LogP contribution is -2.39. The summed E-state index contributed by atoms with van der Waals surface area (Å²) in [6, 6.07) is 7.89. The summed E-state index contributed by atoms with van der Waals surface area (Å²) in [4.78, 5) is 6.21. The zero-order valence-corrected chi connectivity index (χ0v) is 16.7. The molecule has 1 fully saturated rings. The highest BCUT2D eigenvalue weighted by Crippen LogP contribution is 2.41. The van der Waals surface area contributed by atoms with Crippen LogP contribution >= 0.6 is 0 Å². The predicted octanol–water partition coefficient (Wildman–Crippen LogP) is 5.53. The van der Waals surface area contributed by atoms with E-state index in [1.165, 1.54) is 6.42 Å². The molecular weight excluding hydrogens is 370 g/mol. The van der Waals surface area contributed by atoms with Gasteiger partial charge in [-0.15, -0.1) is 0 Å². The van der Waals surface area contributed by atoms with Crippen molar-refractivity contribution in [1.29, 1.82) is 5.26 Å². The van der Waals surface area contributed by atoms with E-state index in [-0.39, 0.29) is 6.04 Å². The van der Waals surface area contributed by atoms with Crippen LogP contribution in [0.3, 0.4) is 0 Å². The number of aryl methyl sites for hydroxylation is 1. The maximum Gasteiger partial charge on any atom is 0.163 e. The zero-order chi connectivity index (χ0) is 20.4. The van der Waals surface area contributed by atoms with Crippen LogP contribution in [-0.2, 0) is 0 Å². The van der Waals surface area contributed by atoms with E-state index < -0.39 is 25.6 Å². The molecule has 2 aromatic rings. The molecule has 6 heteroatoms. The number of alkyl halides is 2. The first kappa shape index (κ1) is 19.6. The molecule has 1 aromatic heterocycles. The lowest BCUT2D eigenvalue weighted by atomic mass is 9.94. The number of halogens is 2. The number of nitriles is 1. The number of nitrogens with zero attached hydrogens (tertiary/aromatic N) is 4. The van der Waals surface area contributed by atoms with Crippen LogP contribution in [0.5, 0.6) is 0 Å². The van der Waals surface area contributed by atoms with Crippen LogP contribution in [0, 0.1) is 18.3 Å². The van der Waals surface area contributed by atoms with Gasteiger partial charge in [0.2, 0.25) is 0 Å². The third kappa shape index (κ3) is 3.43. The average Bonchev–Trinajstić information content (AvgIpc) is 3.08. The molecule has 4 rings (SSSR count). The van der Waals surface area contributed by atoms with Crippen molar-refractivity contribution in [2.45, 2.75) is 57.3 Å². The van der Waals surface area contributed by atoms with Gasteiger partial charge in [0.1, 0.15) is 19.4 Å².